The summed E-state index contributed by atoms with van der Waals surface area (Å²) in [6, 6.07) is 29.7. The number of non-ortho nitro benzene ring substituents is 1. The van der Waals surface area contributed by atoms with Crippen molar-refractivity contribution in [3.63, 3.8) is 0 Å². The van der Waals surface area contributed by atoms with Gasteiger partial charge in [0, 0.05) is 25.2 Å². The fraction of sp³-hybridized carbons (Fsp3) is 0.156. The van der Waals surface area contributed by atoms with Crippen LogP contribution in [0.25, 0.3) is 0 Å². The first-order valence-corrected chi connectivity index (χ1v) is 12.9. The van der Waals surface area contributed by atoms with Crippen molar-refractivity contribution in [1.82, 2.24) is 4.90 Å². The van der Waals surface area contributed by atoms with Crippen LogP contribution in [0, 0.1) is 10.1 Å². The molecule has 8 heteroatoms. The van der Waals surface area contributed by atoms with Gasteiger partial charge in [-0.3, -0.25) is 14.9 Å². The van der Waals surface area contributed by atoms with Gasteiger partial charge in [0.25, 0.3) is 11.6 Å². The number of nitro benzene ring substituents is 1. The van der Waals surface area contributed by atoms with Crippen molar-refractivity contribution in [1.29, 1.82) is 0 Å². The van der Waals surface area contributed by atoms with E-state index in [0.717, 1.165) is 16.7 Å². The molecule has 0 saturated heterocycles. The Bertz CT molecular complexity index is 1520. The van der Waals surface area contributed by atoms with Crippen molar-refractivity contribution in [3.05, 3.63) is 142 Å². The summed E-state index contributed by atoms with van der Waals surface area (Å²) >= 11 is 0. The quantitative estimate of drug-likeness (QED) is 0.130. The Balaban J connectivity index is 1.69. The van der Waals surface area contributed by atoms with E-state index in [0.29, 0.717) is 36.9 Å². The minimum absolute atomic E-state index is 0.129. The maximum absolute atomic E-state index is 14.2. The van der Waals surface area contributed by atoms with E-state index in [1.54, 1.807) is 24.2 Å². The van der Waals surface area contributed by atoms with Gasteiger partial charge in [0.2, 0.25) is 0 Å². The van der Waals surface area contributed by atoms with Crippen LogP contribution >= 0.6 is 0 Å². The number of hydrogen-bond acceptors (Lipinski definition) is 6. The molecule has 4 aromatic rings. The molecule has 4 aromatic carbocycles. The molecule has 0 radical (unpaired) electrons. The van der Waals surface area contributed by atoms with E-state index in [-0.39, 0.29) is 17.2 Å². The molecule has 0 aromatic heterocycles. The zero-order valence-corrected chi connectivity index (χ0v) is 22.1. The predicted molar refractivity (Wildman–Crippen MR) is 153 cm³/mol. The number of benzene rings is 4. The zero-order valence-electron chi connectivity index (χ0n) is 22.1. The summed E-state index contributed by atoms with van der Waals surface area (Å²) in [4.78, 5) is 29.2. The summed E-state index contributed by atoms with van der Waals surface area (Å²) in [7, 11) is 1.57. The predicted octanol–water partition coefficient (Wildman–Crippen LogP) is 6.53. The number of hydrogen-bond donors (Lipinski definition) is 0. The maximum Gasteiger partial charge on any atom is 0.270 e. The van der Waals surface area contributed by atoms with Crippen LogP contribution in [0.3, 0.4) is 0 Å². The number of nitro groups is 1. The fourth-order valence-corrected chi connectivity index (χ4v) is 4.99. The van der Waals surface area contributed by atoms with Crippen LogP contribution in [0.15, 0.2) is 110 Å². The molecule has 1 amide bonds. The van der Waals surface area contributed by atoms with Crippen LogP contribution in [0.4, 0.5) is 11.4 Å². The molecule has 0 unspecified atom stereocenters. The first-order valence-electron chi connectivity index (χ1n) is 12.9. The fourth-order valence-electron chi connectivity index (χ4n) is 4.99. The van der Waals surface area contributed by atoms with Gasteiger partial charge in [0.1, 0.15) is 12.8 Å². The summed E-state index contributed by atoms with van der Waals surface area (Å²) in [5.74, 6) is 0.803. The summed E-state index contributed by atoms with van der Waals surface area (Å²) in [5.41, 5.74) is 3.56. The molecule has 0 aliphatic carbocycles. The molecule has 40 heavy (non-hydrogen) atoms. The number of amides is 1. The zero-order chi connectivity index (χ0) is 28.1. The first-order chi connectivity index (χ1) is 19.5. The van der Waals surface area contributed by atoms with E-state index in [4.69, 9.17) is 9.47 Å². The van der Waals surface area contributed by atoms with Gasteiger partial charge in [0.05, 0.1) is 23.3 Å². The lowest BCUT2D eigenvalue weighted by molar-refractivity contribution is -0.384. The maximum atomic E-state index is 14.2. The second kappa shape index (κ2) is 11.7. The summed E-state index contributed by atoms with van der Waals surface area (Å²) < 4.78 is 11.4. The van der Waals surface area contributed by atoms with E-state index in [1.807, 2.05) is 78.9 Å². The summed E-state index contributed by atoms with van der Waals surface area (Å²) in [6.07, 6.45) is 1.12. The molecule has 0 saturated carbocycles. The van der Waals surface area contributed by atoms with E-state index < -0.39 is 11.1 Å². The number of rotatable bonds is 10. The van der Waals surface area contributed by atoms with E-state index in [9.17, 15) is 14.9 Å². The second-order valence-corrected chi connectivity index (χ2v) is 9.37. The third kappa shape index (κ3) is 5.37. The number of fused-ring (bicyclic) bond motifs is 1. The molecule has 1 heterocycles. The Morgan fingerprint density at radius 1 is 0.875 bits per heavy atom. The highest BCUT2D eigenvalue weighted by atomic mass is 16.6. The Kier molecular flexibility index (Phi) is 7.77. The van der Waals surface area contributed by atoms with Crippen molar-refractivity contribution >= 4 is 17.3 Å². The molecule has 0 bridgehead atoms. The van der Waals surface area contributed by atoms with Gasteiger partial charge in [-0.25, -0.2) is 0 Å². The molecular formula is C32H29N3O5. The highest BCUT2D eigenvalue weighted by Gasteiger charge is 2.40. The standard InChI is InChI=1S/C32H29N3O5/c1-3-18-40-29-17-14-25(19-30(29)39-2)31-33(21-23-10-6-4-7-11-23)28-16-15-26(35(37)38)20-27(28)32(36)34(31)22-24-12-8-5-9-13-24/h3-17,19-20,31H,1,18,21-22H2,2H3/t31-/m0/s1. The van der Waals surface area contributed by atoms with Crippen molar-refractivity contribution < 1.29 is 19.2 Å². The number of nitrogens with zero attached hydrogens (tertiary/aromatic N) is 3. The number of carbonyl (C=O) groups is 1. The van der Waals surface area contributed by atoms with Gasteiger partial charge in [0.15, 0.2) is 11.5 Å². The van der Waals surface area contributed by atoms with Gasteiger partial charge < -0.3 is 19.3 Å². The number of carbonyl (C=O) groups excluding carboxylic acids is 1. The average molecular weight is 536 g/mol. The highest BCUT2D eigenvalue weighted by molar-refractivity contribution is 6.02. The van der Waals surface area contributed by atoms with Gasteiger partial charge in [-0.1, -0.05) is 79.4 Å². The molecule has 0 fully saturated rings. The van der Waals surface area contributed by atoms with Crippen LogP contribution in [-0.4, -0.2) is 29.4 Å². The molecule has 1 aliphatic heterocycles. The smallest absolute Gasteiger partial charge is 0.270 e. The minimum Gasteiger partial charge on any atom is -0.493 e. The monoisotopic (exact) mass is 535 g/mol. The Morgan fingerprint density at radius 3 is 2.12 bits per heavy atom. The van der Waals surface area contributed by atoms with Crippen LogP contribution in [-0.2, 0) is 13.1 Å². The van der Waals surface area contributed by atoms with Gasteiger partial charge >= 0.3 is 0 Å². The first kappa shape index (κ1) is 26.5. The minimum atomic E-state index is -0.538. The van der Waals surface area contributed by atoms with E-state index in [1.165, 1.54) is 12.1 Å². The lowest BCUT2D eigenvalue weighted by Crippen LogP contribution is -2.48. The largest absolute Gasteiger partial charge is 0.493 e. The van der Waals surface area contributed by atoms with Gasteiger partial charge in [-0.15, -0.1) is 0 Å². The van der Waals surface area contributed by atoms with Crippen LogP contribution < -0.4 is 14.4 Å². The highest BCUT2D eigenvalue weighted by Crippen LogP contribution is 2.43. The lowest BCUT2D eigenvalue weighted by Gasteiger charge is -2.46. The van der Waals surface area contributed by atoms with Crippen molar-refractivity contribution in [3.8, 4) is 11.5 Å². The number of methoxy groups -OCH3 is 1. The summed E-state index contributed by atoms with van der Waals surface area (Å²) in [6.45, 7) is 4.80. The Morgan fingerprint density at radius 2 is 1.52 bits per heavy atom. The topological polar surface area (TPSA) is 85.1 Å². The molecule has 1 atom stereocenters. The van der Waals surface area contributed by atoms with Crippen LogP contribution in [0.1, 0.15) is 33.2 Å². The molecule has 0 N–H and O–H groups in total. The van der Waals surface area contributed by atoms with Crippen LogP contribution in [0.2, 0.25) is 0 Å². The molecule has 5 rings (SSSR count). The Labute approximate surface area is 232 Å². The van der Waals surface area contributed by atoms with Crippen molar-refractivity contribution in [2.45, 2.75) is 19.3 Å². The van der Waals surface area contributed by atoms with E-state index >= 15 is 0 Å². The Hall–Kier alpha value is -5.11. The average Bonchev–Trinajstić information content (AvgIpc) is 2.99. The molecule has 0 spiro atoms. The molecule has 202 valence electrons. The molecule has 8 nitrogen and oxygen atoms in total. The van der Waals surface area contributed by atoms with E-state index in [2.05, 4.69) is 11.5 Å². The van der Waals surface area contributed by atoms with Gasteiger partial charge in [-0.05, 0) is 34.9 Å². The van der Waals surface area contributed by atoms with Crippen molar-refractivity contribution in [2.75, 3.05) is 18.6 Å². The lowest BCUT2D eigenvalue weighted by atomic mass is 9.98. The molecular weight excluding hydrogens is 506 g/mol. The third-order valence-corrected chi connectivity index (χ3v) is 6.82. The number of ether oxygens (including phenoxy) is 2. The summed E-state index contributed by atoms with van der Waals surface area (Å²) in [5, 5.41) is 11.6. The SMILES string of the molecule is C=CCOc1ccc([C@@H]2N(Cc3ccccc3)C(=O)c3cc([N+](=O)[O-])ccc3N2Cc2ccccc2)cc1OC. The van der Waals surface area contributed by atoms with Crippen molar-refractivity contribution in [2.24, 2.45) is 0 Å². The van der Waals surface area contributed by atoms with Crippen LogP contribution in [0.5, 0.6) is 11.5 Å². The molecule has 1 aliphatic rings. The second-order valence-electron chi connectivity index (χ2n) is 9.37. The number of anilines is 1. The normalized spacial score (nSPS) is 14.4. The third-order valence-electron chi connectivity index (χ3n) is 6.82. The van der Waals surface area contributed by atoms with Gasteiger partial charge in [-0.2, -0.15) is 0 Å².